The molecular weight excluding hydrogens is 392 g/mol. The zero-order valence-corrected chi connectivity index (χ0v) is 18.4. The maximum absolute atomic E-state index is 11.4. The van der Waals surface area contributed by atoms with E-state index in [1.807, 2.05) is 30.3 Å². The molecule has 2 aromatic rings. The summed E-state index contributed by atoms with van der Waals surface area (Å²) in [7, 11) is 1.68. The molecule has 1 aliphatic rings. The summed E-state index contributed by atoms with van der Waals surface area (Å²) in [5.74, 6) is 1.43. The molecule has 2 aromatic carbocycles. The van der Waals surface area contributed by atoms with E-state index in [0.717, 1.165) is 61.2 Å². The Morgan fingerprint density at radius 2 is 1.97 bits per heavy atom. The van der Waals surface area contributed by atoms with Gasteiger partial charge in [0.25, 0.3) is 0 Å². The molecule has 0 spiro atoms. The average Bonchev–Trinajstić information content (AvgIpc) is 2.79. The standard InChI is InChI=1S/C26H32O5/c1-3-8-22-23(16-12-20-13-17-24(26(27)28)31-25(20)22)30-18-7-5-4-6-9-19-10-14-21(29-2)15-11-19/h7,10-12,14-16,18,24H,3-6,8-9,13,17H2,1-2H3,(H,27,28)/b18-7+. The third kappa shape index (κ3) is 6.27. The number of carboxylic acid groups (broad SMARTS) is 1. The number of carboxylic acids is 1. The second kappa shape index (κ2) is 11.4. The number of carbonyl (C=O) groups is 1. The summed E-state index contributed by atoms with van der Waals surface area (Å²) >= 11 is 0. The quantitative estimate of drug-likeness (QED) is 0.368. The predicted molar refractivity (Wildman–Crippen MR) is 121 cm³/mol. The van der Waals surface area contributed by atoms with Crippen molar-refractivity contribution in [2.45, 2.75) is 64.4 Å². The van der Waals surface area contributed by atoms with Crippen LogP contribution in [0, 0.1) is 0 Å². The lowest BCUT2D eigenvalue weighted by Gasteiger charge is -2.26. The van der Waals surface area contributed by atoms with Gasteiger partial charge >= 0.3 is 5.97 Å². The first kappa shape index (κ1) is 22.7. The average molecular weight is 425 g/mol. The topological polar surface area (TPSA) is 65.0 Å². The van der Waals surface area contributed by atoms with Crippen molar-refractivity contribution in [2.75, 3.05) is 7.11 Å². The van der Waals surface area contributed by atoms with Crippen LogP contribution < -0.4 is 14.2 Å². The van der Waals surface area contributed by atoms with E-state index in [-0.39, 0.29) is 0 Å². The van der Waals surface area contributed by atoms with E-state index < -0.39 is 12.1 Å². The lowest BCUT2D eigenvalue weighted by molar-refractivity contribution is -0.145. The maximum Gasteiger partial charge on any atom is 0.344 e. The minimum Gasteiger partial charge on any atom is -0.497 e. The van der Waals surface area contributed by atoms with E-state index in [2.05, 4.69) is 19.1 Å². The van der Waals surface area contributed by atoms with E-state index in [4.69, 9.17) is 14.2 Å². The Balaban J connectivity index is 1.51. The summed E-state index contributed by atoms with van der Waals surface area (Å²) in [6, 6.07) is 12.2. The molecule has 1 aliphatic heterocycles. The molecule has 0 aliphatic carbocycles. The highest BCUT2D eigenvalue weighted by atomic mass is 16.5. The van der Waals surface area contributed by atoms with E-state index >= 15 is 0 Å². The zero-order valence-electron chi connectivity index (χ0n) is 18.4. The molecule has 0 saturated carbocycles. The van der Waals surface area contributed by atoms with E-state index in [1.54, 1.807) is 13.4 Å². The molecule has 5 nitrogen and oxygen atoms in total. The van der Waals surface area contributed by atoms with Crippen LogP contribution in [0.5, 0.6) is 17.2 Å². The molecule has 0 aromatic heterocycles. The van der Waals surface area contributed by atoms with Crippen LogP contribution in [0.25, 0.3) is 0 Å². The van der Waals surface area contributed by atoms with Crippen LogP contribution >= 0.6 is 0 Å². The van der Waals surface area contributed by atoms with E-state index in [0.29, 0.717) is 18.6 Å². The van der Waals surface area contributed by atoms with Crippen LogP contribution in [-0.2, 0) is 24.1 Å². The minimum atomic E-state index is -0.908. The molecule has 0 bridgehead atoms. The first-order valence-corrected chi connectivity index (χ1v) is 11.1. The minimum absolute atomic E-state index is 0.504. The summed E-state index contributed by atoms with van der Waals surface area (Å²) in [5.41, 5.74) is 3.35. The molecule has 0 amide bonds. The molecule has 1 N–H and O–H groups in total. The second-order valence-corrected chi connectivity index (χ2v) is 7.85. The third-order valence-electron chi connectivity index (χ3n) is 5.55. The second-order valence-electron chi connectivity index (χ2n) is 7.85. The number of unbranched alkanes of at least 4 members (excludes halogenated alkanes) is 2. The fourth-order valence-corrected chi connectivity index (χ4v) is 3.83. The molecule has 31 heavy (non-hydrogen) atoms. The summed E-state index contributed by atoms with van der Waals surface area (Å²) in [6.45, 7) is 2.10. The summed E-state index contributed by atoms with van der Waals surface area (Å²) < 4.78 is 16.9. The van der Waals surface area contributed by atoms with Gasteiger partial charge in [-0.1, -0.05) is 31.5 Å². The van der Waals surface area contributed by atoms with E-state index in [1.165, 1.54) is 5.56 Å². The molecular formula is C26H32O5. The van der Waals surface area contributed by atoms with Gasteiger partial charge in [0.15, 0.2) is 6.10 Å². The van der Waals surface area contributed by atoms with Gasteiger partial charge in [0, 0.05) is 5.56 Å². The molecule has 5 heteroatoms. The number of ether oxygens (including phenoxy) is 3. The predicted octanol–water partition coefficient (Wildman–Crippen LogP) is 5.73. The van der Waals surface area contributed by atoms with Crippen molar-refractivity contribution in [1.82, 2.24) is 0 Å². The zero-order chi connectivity index (χ0) is 22.1. The molecule has 0 fully saturated rings. The van der Waals surface area contributed by atoms with E-state index in [9.17, 15) is 9.90 Å². The van der Waals surface area contributed by atoms with Crippen LogP contribution in [-0.4, -0.2) is 24.3 Å². The van der Waals surface area contributed by atoms with Crippen LogP contribution in [0.1, 0.15) is 55.7 Å². The lowest BCUT2D eigenvalue weighted by Crippen LogP contribution is -2.31. The Morgan fingerprint density at radius 1 is 1.16 bits per heavy atom. The summed E-state index contributed by atoms with van der Waals surface area (Å²) in [6.07, 6.45) is 10.1. The van der Waals surface area contributed by atoms with Crippen LogP contribution in [0.4, 0.5) is 0 Å². The van der Waals surface area contributed by atoms with Gasteiger partial charge in [-0.25, -0.2) is 4.79 Å². The third-order valence-corrected chi connectivity index (χ3v) is 5.55. The highest BCUT2D eigenvalue weighted by molar-refractivity contribution is 5.73. The van der Waals surface area contributed by atoms with Crippen LogP contribution in [0.2, 0.25) is 0 Å². The molecule has 3 rings (SSSR count). The smallest absolute Gasteiger partial charge is 0.344 e. The van der Waals surface area contributed by atoms with Gasteiger partial charge in [-0.15, -0.1) is 0 Å². The first-order valence-electron chi connectivity index (χ1n) is 11.1. The Kier molecular flexibility index (Phi) is 8.39. The van der Waals surface area contributed by atoms with Gasteiger partial charge < -0.3 is 19.3 Å². The van der Waals surface area contributed by atoms with Gasteiger partial charge in [-0.3, -0.25) is 0 Å². The van der Waals surface area contributed by atoms with Crippen LogP contribution in [0.15, 0.2) is 48.7 Å². The Labute approximate surface area is 184 Å². The number of rotatable bonds is 11. The highest BCUT2D eigenvalue weighted by Crippen LogP contribution is 2.38. The van der Waals surface area contributed by atoms with Gasteiger partial charge in [-0.05, 0) is 80.3 Å². The lowest BCUT2D eigenvalue weighted by atomic mass is 9.96. The fraction of sp³-hybridized carbons (Fsp3) is 0.423. The Hall–Kier alpha value is -2.95. The molecule has 1 unspecified atom stereocenters. The number of benzene rings is 2. The summed E-state index contributed by atoms with van der Waals surface area (Å²) in [5, 5.41) is 9.32. The van der Waals surface area contributed by atoms with Gasteiger partial charge in [-0.2, -0.15) is 0 Å². The SMILES string of the molecule is CCCc1c(O/C=C/CCCCc2ccc(OC)cc2)ccc2c1OC(C(=O)O)CC2. The van der Waals surface area contributed by atoms with Crippen LogP contribution in [0.3, 0.4) is 0 Å². The van der Waals surface area contributed by atoms with Gasteiger partial charge in [0.05, 0.1) is 13.4 Å². The number of aryl methyl sites for hydroxylation is 2. The molecule has 166 valence electrons. The van der Waals surface area contributed by atoms with Crippen molar-refractivity contribution < 1.29 is 24.1 Å². The van der Waals surface area contributed by atoms with Crippen molar-refractivity contribution in [3.63, 3.8) is 0 Å². The van der Waals surface area contributed by atoms with Crippen molar-refractivity contribution in [2.24, 2.45) is 0 Å². The monoisotopic (exact) mass is 424 g/mol. The van der Waals surface area contributed by atoms with Crippen molar-refractivity contribution in [3.8, 4) is 17.2 Å². The normalized spacial score (nSPS) is 15.4. The summed E-state index contributed by atoms with van der Waals surface area (Å²) in [4.78, 5) is 11.4. The van der Waals surface area contributed by atoms with Crippen molar-refractivity contribution in [3.05, 3.63) is 65.4 Å². The van der Waals surface area contributed by atoms with Crippen molar-refractivity contribution >= 4 is 5.97 Å². The largest absolute Gasteiger partial charge is 0.497 e. The number of hydrogen-bond donors (Lipinski definition) is 1. The van der Waals surface area contributed by atoms with Gasteiger partial charge in [0.2, 0.25) is 0 Å². The highest BCUT2D eigenvalue weighted by Gasteiger charge is 2.28. The molecule has 1 heterocycles. The number of aliphatic carboxylic acids is 1. The van der Waals surface area contributed by atoms with Gasteiger partial charge in [0.1, 0.15) is 17.2 Å². The molecule has 0 radical (unpaired) electrons. The number of hydrogen-bond acceptors (Lipinski definition) is 4. The Bertz CT molecular complexity index is 885. The van der Waals surface area contributed by atoms with Crippen molar-refractivity contribution in [1.29, 1.82) is 0 Å². The Morgan fingerprint density at radius 3 is 2.68 bits per heavy atom. The molecule has 1 atom stereocenters. The maximum atomic E-state index is 11.4. The number of allylic oxidation sites excluding steroid dienone is 1. The fourth-order valence-electron chi connectivity index (χ4n) is 3.83. The number of fused-ring (bicyclic) bond motifs is 1. The molecule has 0 saturated heterocycles. The first-order chi connectivity index (χ1) is 15.1. The number of methoxy groups -OCH3 is 1.